The van der Waals surface area contributed by atoms with Crippen molar-refractivity contribution in [3.8, 4) is 0 Å². The van der Waals surface area contributed by atoms with Gasteiger partial charge in [0.25, 0.3) is 0 Å². The number of hydrogen-bond acceptors (Lipinski definition) is 4. The summed E-state index contributed by atoms with van der Waals surface area (Å²) in [5.74, 6) is -1.85. The number of hydrogen-bond donors (Lipinski definition) is 0. The SMILES string of the molecule is COC(=O)C1C(=O)/C(=C\c2cccc(Cl)c2)N=C1C. The first-order valence-electron chi connectivity index (χ1n) is 5.67. The third-order valence-corrected chi connectivity index (χ3v) is 3.05. The van der Waals surface area contributed by atoms with Crippen molar-refractivity contribution in [1.82, 2.24) is 0 Å². The fourth-order valence-electron chi connectivity index (χ4n) is 1.90. The molecule has 1 heterocycles. The summed E-state index contributed by atoms with van der Waals surface area (Å²) in [6, 6.07) is 7.05. The standard InChI is InChI=1S/C14H12ClNO3/c1-8-12(14(18)19-2)13(17)11(16-8)7-9-4-3-5-10(15)6-9/h3-7,12H,1-2H3/b11-7+. The molecule has 19 heavy (non-hydrogen) atoms. The van der Waals surface area contributed by atoms with Crippen molar-refractivity contribution in [2.24, 2.45) is 10.9 Å². The zero-order chi connectivity index (χ0) is 14.0. The van der Waals surface area contributed by atoms with Gasteiger partial charge in [-0.25, -0.2) is 0 Å². The second-order valence-corrected chi connectivity index (χ2v) is 4.59. The lowest BCUT2D eigenvalue weighted by Gasteiger charge is -2.04. The molecule has 1 atom stereocenters. The quantitative estimate of drug-likeness (QED) is 0.474. The summed E-state index contributed by atoms with van der Waals surface area (Å²) >= 11 is 5.87. The van der Waals surface area contributed by atoms with Crippen LogP contribution in [0.25, 0.3) is 6.08 Å². The minimum Gasteiger partial charge on any atom is -0.468 e. The molecule has 1 aromatic rings. The zero-order valence-corrected chi connectivity index (χ0v) is 11.3. The Bertz CT molecular complexity index is 604. The number of carbonyl (C=O) groups excluding carboxylic acids is 2. The minimum absolute atomic E-state index is 0.246. The summed E-state index contributed by atoms with van der Waals surface area (Å²) in [5, 5.41) is 0.574. The molecule has 0 saturated carbocycles. The molecule has 0 bridgehead atoms. The van der Waals surface area contributed by atoms with E-state index >= 15 is 0 Å². The number of carbonyl (C=O) groups is 2. The number of benzene rings is 1. The number of halogens is 1. The van der Waals surface area contributed by atoms with Gasteiger partial charge in [0.15, 0.2) is 5.92 Å². The normalized spacial score (nSPS) is 20.6. The average Bonchev–Trinajstić information content (AvgIpc) is 2.64. The van der Waals surface area contributed by atoms with Gasteiger partial charge in [-0.3, -0.25) is 14.6 Å². The maximum absolute atomic E-state index is 12.1. The van der Waals surface area contributed by atoms with Gasteiger partial charge in [-0.1, -0.05) is 23.7 Å². The van der Waals surface area contributed by atoms with Gasteiger partial charge in [-0.15, -0.1) is 0 Å². The van der Waals surface area contributed by atoms with Crippen LogP contribution in [0, 0.1) is 5.92 Å². The number of nitrogens with zero attached hydrogens (tertiary/aromatic N) is 1. The highest BCUT2D eigenvalue weighted by Crippen LogP contribution is 2.24. The number of ketones is 1. The molecule has 0 aromatic heterocycles. The first kappa shape index (κ1) is 13.5. The largest absolute Gasteiger partial charge is 0.468 e. The van der Waals surface area contributed by atoms with Gasteiger partial charge in [0.1, 0.15) is 5.70 Å². The van der Waals surface area contributed by atoms with Crippen LogP contribution in [0.3, 0.4) is 0 Å². The minimum atomic E-state index is -0.921. The highest BCUT2D eigenvalue weighted by atomic mass is 35.5. The van der Waals surface area contributed by atoms with Crippen molar-refractivity contribution < 1.29 is 14.3 Å². The van der Waals surface area contributed by atoms with Crippen LogP contribution < -0.4 is 0 Å². The van der Waals surface area contributed by atoms with Gasteiger partial charge >= 0.3 is 5.97 Å². The summed E-state index contributed by atoms with van der Waals surface area (Å²) < 4.78 is 4.60. The van der Waals surface area contributed by atoms with Gasteiger partial charge in [0.2, 0.25) is 5.78 Å². The summed E-state index contributed by atoms with van der Waals surface area (Å²) in [5.41, 5.74) is 1.46. The topological polar surface area (TPSA) is 55.7 Å². The van der Waals surface area contributed by atoms with Crippen LogP contribution in [0.4, 0.5) is 0 Å². The predicted molar refractivity (Wildman–Crippen MR) is 73.1 cm³/mol. The zero-order valence-electron chi connectivity index (χ0n) is 10.5. The highest BCUT2D eigenvalue weighted by Gasteiger charge is 2.37. The van der Waals surface area contributed by atoms with Crippen LogP contribution in [0.15, 0.2) is 35.0 Å². The third kappa shape index (κ3) is 2.74. The van der Waals surface area contributed by atoms with E-state index in [0.29, 0.717) is 10.7 Å². The Morgan fingerprint density at radius 3 is 2.84 bits per heavy atom. The lowest BCUT2D eigenvalue weighted by molar-refractivity contribution is -0.145. The lowest BCUT2D eigenvalue weighted by Crippen LogP contribution is -2.27. The number of ether oxygens (including phenoxy) is 1. The van der Waals surface area contributed by atoms with Crippen LogP contribution in [-0.4, -0.2) is 24.6 Å². The molecule has 4 nitrogen and oxygen atoms in total. The second-order valence-electron chi connectivity index (χ2n) is 4.16. The Labute approximate surface area is 115 Å². The van der Waals surface area contributed by atoms with Crippen LogP contribution in [0.1, 0.15) is 12.5 Å². The Morgan fingerprint density at radius 2 is 2.21 bits per heavy atom. The van der Waals surface area contributed by atoms with E-state index in [4.69, 9.17) is 11.6 Å². The van der Waals surface area contributed by atoms with Gasteiger partial charge in [0, 0.05) is 10.7 Å². The van der Waals surface area contributed by atoms with E-state index in [-0.39, 0.29) is 11.5 Å². The molecule has 0 radical (unpaired) electrons. The van der Waals surface area contributed by atoms with E-state index in [9.17, 15) is 9.59 Å². The molecule has 0 aliphatic carbocycles. The fraction of sp³-hybridized carbons (Fsp3) is 0.214. The number of aliphatic imine (C=N–C) groups is 1. The number of rotatable bonds is 2. The second kappa shape index (κ2) is 5.36. The molecule has 0 N–H and O–H groups in total. The molecule has 0 saturated heterocycles. The van der Waals surface area contributed by atoms with Gasteiger partial charge < -0.3 is 4.74 Å². The van der Waals surface area contributed by atoms with E-state index in [0.717, 1.165) is 5.56 Å². The predicted octanol–water partition coefficient (Wildman–Crippen LogP) is 2.51. The van der Waals surface area contributed by atoms with E-state index in [2.05, 4.69) is 9.73 Å². The van der Waals surface area contributed by atoms with Gasteiger partial charge in [-0.2, -0.15) is 0 Å². The van der Waals surface area contributed by atoms with Crippen LogP contribution in [-0.2, 0) is 14.3 Å². The van der Waals surface area contributed by atoms with Crippen molar-refractivity contribution in [1.29, 1.82) is 0 Å². The van der Waals surface area contributed by atoms with Crippen molar-refractivity contribution >= 4 is 35.1 Å². The van der Waals surface area contributed by atoms with Crippen molar-refractivity contribution in [2.75, 3.05) is 7.11 Å². The molecule has 98 valence electrons. The summed E-state index contributed by atoms with van der Waals surface area (Å²) in [7, 11) is 1.25. The molecule has 0 spiro atoms. The number of allylic oxidation sites excluding steroid dienone is 1. The monoisotopic (exact) mass is 277 g/mol. The molecule has 1 aromatic carbocycles. The highest BCUT2D eigenvalue weighted by molar-refractivity contribution is 6.31. The summed E-state index contributed by atoms with van der Waals surface area (Å²) in [6.07, 6.45) is 1.61. The Balaban J connectivity index is 2.33. The van der Waals surface area contributed by atoms with Gasteiger partial charge in [-0.05, 0) is 30.7 Å². The molecule has 0 amide bonds. The molecular weight excluding hydrogens is 266 g/mol. The van der Waals surface area contributed by atoms with E-state index in [1.807, 2.05) is 6.07 Å². The Kier molecular flexibility index (Phi) is 3.81. The maximum atomic E-state index is 12.1. The van der Waals surface area contributed by atoms with Crippen molar-refractivity contribution in [2.45, 2.75) is 6.92 Å². The Morgan fingerprint density at radius 1 is 1.47 bits per heavy atom. The smallest absolute Gasteiger partial charge is 0.322 e. The number of Topliss-reactive ketones (excluding diaryl/α,β-unsaturated/α-hetero) is 1. The van der Waals surface area contributed by atoms with Crippen molar-refractivity contribution in [3.63, 3.8) is 0 Å². The van der Waals surface area contributed by atoms with Crippen molar-refractivity contribution in [3.05, 3.63) is 40.5 Å². The molecular formula is C14H12ClNO3. The van der Waals surface area contributed by atoms with Crippen LogP contribution in [0.2, 0.25) is 5.02 Å². The third-order valence-electron chi connectivity index (χ3n) is 2.82. The lowest BCUT2D eigenvalue weighted by atomic mass is 10.0. The summed E-state index contributed by atoms with van der Waals surface area (Å²) in [6.45, 7) is 1.64. The molecule has 5 heteroatoms. The molecule has 2 rings (SSSR count). The number of esters is 1. The van der Waals surface area contributed by atoms with E-state index < -0.39 is 11.9 Å². The first-order valence-corrected chi connectivity index (χ1v) is 6.05. The fourth-order valence-corrected chi connectivity index (χ4v) is 2.10. The molecule has 1 unspecified atom stereocenters. The Hall–Kier alpha value is -1.94. The molecule has 1 aliphatic heterocycles. The van der Waals surface area contributed by atoms with Gasteiger partial charge in [0.05, 0.1) is 7.11 Å². The number of methoxy groups -OCH3 is 1. The molecule has 0 fully saturated rings. The average molecular weight is 278 g/mol. The van der Waals surface area contributed by atoms with E-state index in [1.165, 1.54) is 7.11 Å². The summed E-state index contributed by atoms with van der Waals surface area (Å²) in [4.78, 5) is 27.7. The molecule has 1 aliphatic rings. The van der Waals surface area contributed by atoms with Crippen LogP contribution in [0.5, 0.6) is 0 Å². The first-order chi connectivity index (χ1) is 9.02. The maximum Gasteiger partial charge on any atom is 0.322 e. The van der Waals surface area contributed by atoms with E-state index in [1.54, 1.807) is 31.2 Å². The van der Waals surface area contributed by atoms with Crippen LogP contribution >= 0.6 is 11.6 Å².